The standard InChI is InChI=1S/C14H15NO3/c1-10(16)9-15-14(17)13-12(7-8-18-13)11-5-3-2-4-6-11/h2-8,10,16H,9H2,1H3,(H,15,17)/t10-/m0/s1. The van der Waals surface area contributed by atoms with Gasteiger partial charge in [-0.25, -0.2) is 0 Å². The van der Waals surface area contributed by atoms with Crippen LogP contribution in [0.4, 0.5) is 0 Å². The predicted molar refractivity (Wildman–Crippen MR) is 68.2 cm³/mol. The average molecular weight is 245 g/mol. The molecule has 1 aromatic carbocycles. The fraction of sp³-hybridized carbons (Fsp3) is 0.214. The molecule has 2 aromatic rings. The van der Waals surface area contributed by atoms with Gasteiger partial charge in [-0.2, -0.15) is 0 Å². The van der Waals surface area contributed by atoms with Crippen molar-refractivity contribution in [1.82, 2.24) is 5.32 Å². The molecule has 0 aliphatic heterocycles. The molecule has 2 N–H and O–H groups in total. The van der Waals surface area contributed by atoms with Crippen LogP contribution in [0.25, 0.3) is 11.1 Å². The average Bonchev–Trinajstić information content (AvgIpc) is 2.86. The van der Waals surface area contributed by atoms with Gasteiger partial charge in [-0.15, -0.1) is 0 Å². The number of furan rings is 1. The van der Waals surface area contributed by atoms with Crippen LogP contribution in [0.2, 0.25) is 0 Å². The van der Waals surface area contributed by atoms with Crippen LogP contribution in [0.5, 0.6) is 0 Å². The molecule has 0 saturated heterocycles. The third kappa shape index (κ3) is 2.78. The predicted octanol–water partition coefficient (Wildman–Crippen LogP) is 2.06. The number of amides is 1. The number of benzene rings is 1. The molecular weight excluding hydrogens is 230 g/mol. The first-order valence-corrected chi connectivity index (χ1v) is 5.77. The Morgan fingerprint density at radius 3 is 2.72 bits per heavy atom. The molecule has 4 heteroatoms. The summed E-state index contributed by atoms with van der Waals surface area (Å²) >= 11 is 0. The SMILES string of the molecule is C[C@H](O)CNC(=O)c1occc1-c1ccccc1. The zero-order valence-electron chi connectivity index (χ0n) is 10.1. The molecule has 2 rings (SSSR count). The number of rotatable bonds is 4. The maximum atomic E-state index is 11.9. The smallest absolute Gasteiger partial charge is 0.287 e. The van der Waals surface area contributed by atoms with E-state index in [1.165, 1.54) is 6.26 Å². The normalized spacial score (nSPS) is 12.1. The molecule has 0 saturated carbocycles. The highest BCUT2D eigenvalue weighted by atomic mass is 16.3. The Bertz CT molecular complexity index is 517. The van der Waals surface area contributed by atoms with Crippen molar-refractivity contribution < 1.29 is 14.3 Å². The Labute approximate surface area is 105 Å². The van der Waals surface area contributed by atoms with E-state index in [0.717, 1.165) is 11.1 Å². The molecule has 0 radical (unpaired) electrons. The lowest BCUT2D eigenvalue weighted by Gasteiger charge is -2.06. The minimum Gasteiger partial charge on any atom is -0.459 e. The number of hydrogen-bond acceptors (Lipinski definition) is 3. The maximum Gasteiger partial charge on any atom is 0.287 e. The number of carbonyl (C=O) groups is 1. The van der Waals surface area contributed by atoms with Crippen molar-refractivity contribution in [3.8, 4) is 11.1 Å². The summed E-state index contributed by atoms with van der Waals surface area (Å²) in [7, 11) is 0. The van der Waals surface area contributed by atoms with Crippen LogP contribution >= 0.6 is 0 Å². The van der Waals surface area contributed by atoms with Crippen LogP contribution in [-0.2, 0) is 0 Å². The molecule has 1 amide bonds. The molecule has 4 nitrogen and oxygen atoms in total. The third-order valence-electron chi connectivity index (χ3n) is 2.51. The Morgan fingerprint density at radius 2 is 2.06 bits per heavy atom. The second-order valence-corrected chi connectivity index (χ2v) is 4.09. The Hall–Kier alpha value is -2.07. The van der Waals surface area contributed by atoms with E-state index in [2.05, 4.69) is 5.32 Å². The van der Waals surface area contributed by atoms with Gasteiger partial charge in [-0.05, 0) is 18.6 Å². The second kappa shape index (κ2) is 5.51. The topological polar surface area (TPSA) is 62.5 Å². The summed E-state index contributed by atoms with van der Waals surface area (Å²) in [6, 6.07) is 11.3. The lowest BCUT2D eigenvalue weighted by Crippen LogP contribution is -2.30. The zero-order valence-corrected chi connectivity index (χ0v) is 10.1. The molecule has 18 heavy (non-hydrogen) atoms. The molecule has 1 heterocycles. The minimum absolute atomic E-state index is 0.202. The van der Waals surface area contributed by atoms with Crippen LogP contribution in [0.1, 0.15) is 17.5 Å². The monoisotopic (exact) mass is 245 g/mol. The Morgan fingerprint density at radius 1 is 1.33 bits per heavy atom. The van der Waals surface area contributed by atoms with E-state index in [-0.39, 0.29) is 18.2 Å². The van der Waals surface area contributed by atoms with Gasteiger partial charge in [0.15, 0.2) is 5.76 Å². The van der Waals surface area contributed by atoms with Gasteiger partial charge in [0.2, 0.25) is 0 Å². The largest absolute Gasteiger partial charge is 0.459 e. The Balaban J connectivity index is 2.20. The van der Waals surface area contributed by atoms with Gasteiger partial charge < -0.3 is 14.8 Å². The van der Waals surface area contributed by atoms with E-state index in [4.69, 9.17) is 9.52 Å². The van der Waals surface area contributed by atoms with Crippen molar-refractivity contribution in [2.75, 3.05) is 6.54 Å². The fourth-order valence-corrected chi connectivity index (χ4v) is 1.65. The number of carbonyl (C=O) groups excluding carboxylic acids is 1. The maximum absolute atomic E-state index is 11.9. The van der Waals surface area contributed by atoms with Crippen molar-refractivity contribution in [2.45, 2.75) is 13.0 Å². The highest BCUT2D eigenvalue weighted by Gasteiger charge is 2.16. The van der Waals surface area contributed by atoms with Crippen molar-refractivity contribution in [1.29, 1.82) is 0 Å². The van der Waals surface area contributed by atoms with E-state index < -0.39 is 6.10 Å². The highest BCUT2D eigenvalue weighted by Crippen LogP contribution is 2.24. The van der Waals surface area contributed by atoms with Gasteiger partial charge in [-0.1, -0.05) is 30.3 Å². The quantitative estimate of drug-likeness (QED) is 0.866. The van der Waals surface area contributed by atoms with Gasteiger partial charge >= 0.3 is 0 Å². The summed E-state index contributed by atoms with van der Waals surface area (Å²) in [5, 5.41) is 11.8. The van der Waals surface area contributed by atoms with Crippen molar-refractivity contribution in [3.05, 3.63) is 48.4 Å². The first-order valence-electron chi connectivity index (χ1n) is 5.77. The molecule has 1 aromatic heterocycles. The first kappa shape index (κ1) is 12.4. The van der Waals surface area contributed by atoms with E-state index in [1.54, 1.807) is 13.0 Å². The molecule has 0 spiro atoms. The summed E-state index contributed by atoms with van der Waals surface area (Å²) in [6.45, 7) is 1.81. The first-order chi connectivity index (χ1) is 8.68. The minimum atomic E-state index is -0.580. The highest BCUT2D eigenvalue weighted by molar-refractivity contribution is 5.98. The molecule has 0 aliphatic carbocycles. The summed E-state index contributed by atoms with van der Waals surface area (Å²) in [5.74, 6) is -0.0541. The molecule has 0 aliphatic rings. The lowest BCUT2D eigenvalue weighted by molar-refractivity contribution is 0.0897. The van der Waals surface area contributed by atoms with Crippen LogP contribution < -0.4 is 5.32 Å². The van der Waals surface area contributed by atoms with Crippen molar-refractivity contribution in [3.63, 3.8) is 0 Å². The summed E-state index contributed by atoms with van der Waals surface area (Å²) in [5.41, 5.74) is 1.67. The number of hydrogen-bond donors (Lipinski definition) is 2. The zero-order chi connectivity index (χ0) is 13.0. The molecule has 94 valence electrons. The summed E-state index contributed by atoms with van der Waals surface area (Å²) in [4.78, 5) is 11.9. The summed E-state index contributed by atoms with van der Waals surface area (Å²) in [6.07, 6.45) is 0.906. The van der Waals surface area contributed by atoms with Gasteiger partial charge in [0.1, 0.15) is 0 Å². The van der Waals surface area contributed by atoms with Gasteiger partial charge in [0.05, 0.1) is 12.4 Å². The fourth-order valence-electron chi connectivity index (χ4n) is 1.65. The van der Waals surface area contributed by atoms with E-state index in [1.807, 2.05) is 30.3 Å². The number of aliphatic hydroxyl groups is 1. The Kier molecular flexibility index (Phi) is 3.79. The van der Waals surface area contributed by atoms with E-state index in [9.17, 15) is 4.79 Å². The second-order valence-electron chi connectivity index (χ2n) is 4.09. The van der Waals surface area contributed by atoms with Crippen LogP contribution in [0.15, 0.2) is 47.1 Å². The summed E-state index contributed by atoms with van der Waals surface area (Å²) < 4.78 is 5.22. The van der Waals surface area contributed by atoms with Gasteiger partial charge in [0.25, 0.3) is 5.91 Å². The van der Waals surface area contributed by atoms with Gasteiger partial charge in [-0.3, -0.25) is 4.79 Å². The molecule has 0 fully saturated rings. The van der Waals surface area contributed by atoms with Crippen molar-refractivity contribution >= 4 is 5.91 Å². The van der Waals surface area contributed by atoms with Crippen LogP contribution in [-0.4, -0.2) is 23.7 Å². The van der Waals surface area contributed by atoms with Crippen LogP contribution in [0, 0.1) is 0 Å². The third-order valence-corrected chi connectivity index (χ3v) is 2.51. The molecular formula is C14H15NO3. The number of aliphatic hydroxyl groups excluding tert-OH is 1. The van der Waals surface area contributed by atoms with Gasteiger partial charge in [0, 0.05) is 12.1 Å². The number of nitrogens with one attached hydrogen (secondary N) is 1. The van der Waals surface area contributed by atoms with Crippen LogP contribution in [0.3, 0.4) is 0 Å². The molecule has 0 unspecified atom stereocenters. The van der Waals surface area contributed by atoms with E-state index >= 15 is 0 Å². The molecule has 1 atom stereocenters. The van der Waals surface area contributed by atoms with E-state index in [0.29, 0.717) is 0 Å². The van der Waals surface area contributed by atoms with Crippen molar-refractivity contribution in [2.24, 2.45) is 0 Å². The molecule has 0 bridgehead atoms. The lowest BCUT2D eigenvalue weighted by atomic mass is 10.1.